The first-order valence-electron chi connectivity index (χ1n) is 9.31. The predicted octanol–water partition coefficient (Wildman–Crippen LogP) is 3.42. The molecule has 1 amide bonds. The Balaban J connectivity index is 1.39. The van der Waals surface area contributed by atoms with E-state index in [4.69, 9.17) is 0 Å². The van der Waals surface area contributed by atoms with Gasteiger partial charge in [-0.15, -0.1) is 11.8 Å². The lowest BCUT2D eigenvalue weighted by Gasteiger charge is -2.12. The highest BCUT2D eigenvalue weighted by molar-refractivity contribution is 8.02. The number of amides is 1. The maximum absolute atomic E-state index is 12.7. The van der Waals surface area contributed by atoms with Crippen molar-refractivity contribution in [2.75, 3.05) is 18.1 Å². The van der Waals surface area contributed by atoms with Crippen molar-refractivity contribution in [3.63, 3.8) is 0 Å². The van der Waals surface area contributed by atoms with Crippen molar-refractivity contribution < 1.29 is 13.2 Å². The first kappa shape index (κ1) is 19.1. The summed E-state index contributed by atoms with van der Waals surface area (Å²) in [6.45, 7) is 0.539. The second kappa shape index (κ2) is 8.01. The summed E-state index contributed by atoms with van der Waals surface area (Å²) in [4.78, 5) is 16.8. The van der Waals surface area contributed by atoms with Crippen molar-refractivity contribution in [1.82, 2.24) is 10.3 Å². The van der Waals surface area contributed by atoms with Gasteiger partial charge in [0.05, 0.1) is 17.1 Å². The molecule has 28 heavy (non-hydrogen) atoms. The Bertz CT molecular complexity index is 1110. The molecule has 1 aliphatic rings. The highest BCUT2D eigenvalue weighted by Gasteiger charge is 2.29. The summed E-state index contributed by atoms with van der Waals surface area (Å²) in [5.74, 6) is 0.307. The van der Waals surface area contributed by atoms with E-state index in [0.717, 1.165) is 16.8 Å². The van der Waals surface area contributed by atoms with E-state index in [-0.39, 0.29) is 22.7 Å². The number of carbonyl (C=O) groups excluding carboxylic acids is 1. The lowest BCUT2D eigenvalue weighted by Crippen LogP contribution is -2.26. The van der Waals surface area contributed by atoms with Gasteiger partial charge in [0.2, 0.25) is 0 Å². The van der Waals surface area contributed by atoms with Crippen LogP contribution >= 0.6 is 11.8 Å². The standard InChI is InChI=1S/C21H22N2O3S2/c24-21(22-11-9-15-13-23-19-7-3-1-5-17(15)19)18-6-2-4-8-20(18)27-16-10-12-28(25,26)14-16/h1-8,13,16,23H,9-12,14H2,(H,22,24)/t16-/m0/s1. The van der Waals surface area contributed by atoms with Crippen molar-refractivity contribution in [1.29, 1.82) is 0 Å². The molecule has 3 aromatic rings. The van der Waals surface area contributed by atoms with Crippen LogP contribution in [-0.2, 0) is 16.3 Å². The number of H-pyrrole nitrogens is 1. The summed E-state index contributed by atoms with van der Waals surface area (Å²) in [6.07, 6.45) is 3.37. The molecule has 4 rings (SSSR count). The second-order valence-electron chi connectivity index (χ2n) is 7.00. The number of carbonyl (C=O) groups is 1. The number of aromatic nitrogens is 1. The van der Waals surface area contributed by atoms with Crippen molar-refractivity contribution in [3.05, 3.63) is 65.9 Å². The van der Waals surface area contributed by atoms with Gasteiger partial charge >= 0.3 is 0 Å². The fourth-order valence-corrected chi connectivity index (χ4v) is 7.16. The molecule has 7 heteroatoms. The smallest absolute Gasteiger partial charge is 0.252 e. The molecule has 1 aliphatic heterocycles. The van der Waals surface area contributed by atoms with E-state index in [1.165, 1.54) is 22.7 Å². The summed E-state index contributed by atoms with van der Waals surface area (Å²) in [5, 5.41) is 4.19. The topological polar surface area (TPSA) is 79.0 Å². The minimum atomic E-state index is -2.93. The first-order valence-corrected chi connectivity index (χ1v) is 12.0. The molecule has 2 heterocycles. The average molecular weight is 415 g/mol. The van der Waals surface area contributed by atoms with E-state index in [9.17, 15) is 13.2 Å². The van der Waals surface area contributed by atoms with Gasteiger partial charge in [0, 0.05) is 33.8 Å². The zero-order chi connectivity index (χ0) is 19.6. The van der Waals surface area contributed by atoms with Crippen molar-refractivity contribution in [2.45, 2.75) is 23.0 Å². The van der Waals surface area contributed by atoms with Crippen LogP contribution in [0.15, 0.2) is 59.6 Å². The third-order valence-corrected chi connectivity index (χ3v) is 8.30. The largest absolute Gasteiger partial charge is 0.361 e. The van der Waals surface area contributed by atoms with Gasteiger partial charge in [-0.3, -0.25) is 4.79 Å². The van der Waals surface area contributed by atoms with E-state index in [2.05, 4.69) is 16.4 Å². The molecule has 1 aromatic heterocycles. The number of fused-ring (bicyclic) bond motifs is 1. The van der Waals surface area contributed by atoms with E-state index in [1.807, 2.05) is 42.6 Å². The van der Waals surface area contributed by atoms with Gasteiger partial charge in [-0.1, -0.05) is 30.3 Å². The van der Waals surface area contributed by atoms with Crippen molar-refractivity contribution in [3.8, 4) is 0 Å². The van der Waals surface area contributed by atoms with Crippen molar-refractivity contribution in [2.24, 2.45) is 0 Å². The number of rotatable bonds is 6. The van der Waals surface area contributed by atoms with E-state index >= 15 is 0 Å². The summed E-state index contributed by atoms with van der Waals surface area (Å²) in [6, 6.07) is 15.5. The molecule has 146 valence electrons. The molecule has 0 aliphatic carbocycles. The molecule has 1 saturated heterocycles. The molecule has 0 unspecified atom stereocenters. The third-order valence-electron chi connectivity index (χ3n) is 4.97. The van der Waals surface area contributed by atoms with Gasteiger partial charge in [0.15, 0.2) is 9.84 Å². The molecule has 0 spiro atoms. The lowest BCUT2D eigenvalue weighted by atomic mass is 10.1. The van der Waals surface area contributed by atoms with E-state index in [0.29, 0.717) is 18.5 Å². The Labute approximate surface area is 168 Å². The Morgan fingerprint density at radius 1 is 1.14 bits per heavy atom. The minimum absolute atomic E-state index is 0.0187. The SMILES string of the molecule is O=C(NCCc1c[nH]c2ccccc12)c1ccccc1S[C@H]1CCS(=O)(=O)C1. The zero-order valence-electron chi connectivity index (χ0n) is 15.4. The van der Waals surface area contributed by atoms with Gasteiger partial charge in [-0.05, 0) is 36.6 Å². The maximum Gasteiger partial charge on any atom is 0.252 e. The lowest BCUT2D eigenvalue weighted by molar-refractivity contribution is 0.0951. The van der Waals surface area contributed by atoms with E-state index in [1.54, 1.807) is 6.07 Å². The zero-order valence-corrected chi connectivity index (χ0v) is 17.0. The van der Waals surface area contributed by atoms with Crippen molar-refractivity contribution >= 4 is 38.4 Å². The number of nitrogens with one attached hydrogen (secondary N) is 2. The normalized spacial score (nSPS) is 18.4. The van der Waals surface area contributed by atoms with Crippen LogP contribution in [0.1, 0.15) is 22.3 Å². The maximum atomic E-state index is 12.7. The molecule has 1 atom stereocenters. The number of hydrogen-bond acceptors (Lipinski definition) is 4. The van der Waals surface area contributed by atoms with Crippen LogP contribution in [0.4, 0.5) is 0 Å². The monoisotopic (exact) mass is 414 g/mol. The molecule has 2 aromatic carbocycles. The third kappa shape index (κ3) is 4.25. The molecule has 5 nitrogen and oxygen atoms in total. The fourth-order valence-electron chi connectivity index (χ4n) is 3.53. The van der Waals surface area contributed by atoms with Gasteiger partial charge in [-0.25, -0.2) is 8.42 Å². The van der Waals surface area contributed by atoms with Gasteiger partial charge in [-0.2, -0.15) is 0 Å². The Hall–Kier alpha value is -2.25. The molecule has 0 saturated carbocycles. The minimum Gasteiger partial charge on any atom is -0.361 e. The molecule has 0 radical (unpaired) electrons. The van der Waals surface area contributed by atoms with Crippen LogP contribution in [0, 0.1) is 0 Å². The molecule has 1 fully saturated rings. The Morgan fingerprint density at radius 2 is 1.93 bits per heavy atom. The van der Waals surface area contributed by atoms with Crippen LogP contribution in [0.3, 0.4) is 0 Å². The average Bonchev–Trinajstić information content (AvgIpc) is 3.25. The number of benzene rings is 2. The number of hydrogen-bond donors (Lipinski definition) is 2. The van der Waals surface area contributed by atoms with Gasteiger partial charge in [0.1, 0.15) is 0 Å². The Morgan fingerprint density at radius 3 is 2.75 bits per heavy atom. The van der Waals surface area contributed by atoms with Crippen LogP contribution in [0.25, 0.3) is 10.9 Å². The van der Waals surface area contributed by atoms with E-state index < -0.39 is 9.84 Å². The molecule has 2 N–H and O–H groups in total. The number of aromatic amines is 1. The predicted molar refractivity (Wildman–Crippen MR) is 114 cm³/mol. The summed E-state index contributed by atoms with van der Waals surface area (Å²) in [5.41, 5.74) is 2.88. The highest BCUT2D eigenvalue weighted by Crippen LogP contribution is 2.33. The molecule has 0 bridgehead atoms. The second-order valence-corrected chi connectivity index (χ2v) is 10.6. The van der Waals surface area contributed by atoms with Crippen LogP contribution in [-0.4, -0.2) is 42.6 Å². The molecular weight excluding hydrogens is 392 g/mol. The number of thioether (sulfide) groups is 1. The summed E-state index contributed by atoms with van der Waals surface area (Å²) < 4.78 is 23.4. The van der Waals surface area contributed by atoms with Crippen LogP contribution in [0.5, 0.6) is 0 Å². The number of para-hydroxylation sites is 1. The summed E-state index contributed by atoms with van der Waals surface area (Å²) in [7, 11) is -2.93. The Kier molecular flexibility index (Phi) is 5.46. The number of sulfone groups is 1. The van der Waals surface area contributed by atoms with Gasteiger partial charge < -0.3 is 10.3 Å². The van der Waals surface area contributed by atoms with Crippen LogP contribution in [0.2, 0.25) is 0 Å². The fraction of sp³-hybridized carbons (Fsp3) is 0.286. The molecular formula is C21H22N2O3S2. The van der Waals surface area contributed by atoms with Crippen LogP contribution < -0.4 is 5.32 Å². The summed E-state index contributed by atoms with van der Waals surface area (Å²) >= 11 is 1.50. The quantitative estimate of drug-likeness (QED) is 0.648. The first-order chi connectivity index (χ1) is 13.5. The van der Waals surface area contributed by atoms with Gasteiger partial charge in [0.25, 0.3) is 5.91 Å². The highest BCUT2D eigenvalue weighted by atomic mass is 32.2.